The van der Waals surface area contributed by atoms with Crippen LogP contribution in [-0.2, 0) is 19.2 Å². The summed E-state index contributed by atoms with van der Waals surface area (Å²) < 4.78 is 0. The molecule has 3 rings (SSSR count). The first-order valence-electron chi connectivity index (χ1n) is 15.2. The van der Waals surface area contributed by atoms with E-state index in [4.69, 9.17) is 5.73 Å². The van der Waals surface area contributed by atoms with Crippen molar-refractivity contribution in [2.24, 2.45) is 17.1 Å². The molecule has 1 aromatic heterocycles. The van der Waals surface area contributed by atoms with E-state index in [1.807, 2.05) is 13.8 Å². The Bertz CT molecular complexity index is 1190. The number of carbonyl (C=O) groups is 6. The number of carbonyl (C=O) groups excluding carboxylic acids is 6. The molecule has 0 bridgehead atoms. The van der Waals surface area contributed by atoms with Gasteiger partial charge < -0.3 is 26.6 Å². The Labute approximate surface area is 254 Å². The van der Waals surface area contributed by atoms with Gasteiger partial charge in [0.05, 0.1) is 12.1 Å². The van der Waals surface area contributed by atoms with Crippen molar-refractivity contribution in [2.45, 2.75) is 111 Å². The molecule has 5 amide bonds. The summed E-state index contributed by atoms with van der Waals surface area (Å²) in [5.41, 5.74) is 5.38. The van der Waals surface area contributed by atoms with Crippen molar-refractivity contribution in [1.29, 1.82) is 0 Å². The van der Waals surface area contributed by atoms with Gasteiger partial charge in [-0.3, -0.25) is 24.0 Å². The molecule has 2 aliphatic rings. The van der Waals surface area contributed by atoms with Crippen LogP contribution in [0, 0.1) is 18.3 Å². The number of hydrogen-bond donors (Lipinski definition) is 4. The smallest absolute Gasteiger partial charge is 0.316 e. The number of nitrogens with two attached hydrogens (primary N) is 1. The number of aryl methyl sites for hydroxylation is 1. The predicted octanol–water partition coefficient (Wildman–Crippen LogP) is 2.42. The van der Waals surface area contributed by atoms with E-state index in [9.17, 15) is 28.8 Å². The van der Waals surface area contributed by atoms with E-state index in [2.05, 4.69) is 20.9 Å². The van der Waals surface area contributed by atoms with Gasteiger partial charge in [-0.1, -0.05) is 60.5 Å². The van der Waals surface area contributed by atoms with Gasteiger partial charge in [0.15, 0.2) is 0 Å². The molecular formula is C31H48N6O6. The number of urea groups is 1. The lowest BCUT2D eigenvalue weighted by molar-refractivity contribution is -0.143. The van der Waals surface area contributed by atoms with Gasteiger partial charge in [-0.25, -0.2) is 9.78 Å². The Kier molecular flexibility index (Phi) is 12.8. The van der Waals surface area contributed by atoms with Crippen LogP contribution in [0.5, 0.6) is 0 Å². The number of nitrogens with one attached hydrogen (secondary N) is 3. The number of hydrogen-bond acceptors (Lipinski definition) is 7. The first kappa shape index (κ1) is 35.4. The monoisotopic (exact) mass is 600 g/mol. The molecular weight excluding hydrogens is 552 g/mol. The molecule has 43 heavy (non-hydrogen) atoms. The maximum atomic E-state index is 13.8. The lowest BCUT2D eigenvalue weighted by Gasteiger charge is -2.36. The molecule has 2 heterocycles. The van der Waals surface area contributed by atoms with Gasteiger partial charge in [0.1, 0.15) is 17.8 Å². The van der Waals surface area contributed by atoms with Crippen LogP contribution in [0.25, 0.3) is 0 Å². The molecule has 4 atom stereocenters. The van der Waals surface area contributed by atoms with Crippen molar-refractivity contribution >= 4 is 35.3 Å². The molecule has 1 aromatic rings. The highest BCUT2D eigenvalue weighted by molar-refractivity contribution is 6.37. The highest BCUT2D eigenvalue weighted by Crippen LogP contribution is 2.34. The van der Waals surface area contributed by atoms with Crippen LogP contribution in [0.15, 0.2) is 18.2 Å². The standard InChI is InChI=1S/C29H42N6O6.C2H6/c1-6-18(22(36)19-10-7-9-16(2)31-19)33-28(41)34-24(29(3,4)5)27(40)35-14-8-11-21(35)26(39)32-20(15-17-12-13-17)23(37)25(30)38;1-2/h7,9-10,17-18,20-21,24H,6,8,11-15H2,1-5H3,(H2,30,38)(H,32,39)(H2,33,34,41);1-2H3/t18?,20?,21-,24?;/m0./s1. The van der Waals surface area contributed by atoms with Gasteiger partial charge >= 0.3 is 6.03 Å². The summed E-state index contributed by atoms with van der Waals surface area (Å²) in [4.78, 5) is 82.7. The minimum absolute atomic E-state index is 0.237. The van der Waals surface area contributed by atoms with Crippen LogP contribution in [0.4, 0.5) is 4.79 Å². The largest absolute Gasteiger partial charge is 0.363 e. The van der Waals surface area contributed by atoms with Crippen LogP contribution in [0.2, 0.25) is 0 Å². The van der Waals surface area contributed by atoms with E-state index in [1.54, 1.807) is 52.8 Å². The molecule has 5 N–H and O–H groups in total. The third-order valence-electron chi connectivity index (χ3n) is 7.54. The van der Waals surface area contributed by atoms with Crippen molar-refractivity contribution < 1.29 is 28.8 Å². The van der Waals surface area contributed by atoms with E-state index in [1.165, 1.54) is 4.90 Å². The summed E-state index contributed by atoms with van der Waals surface area (Å²) in [6.07, 6.45) is 3.41. The number of Topliss-reactive ketones (excluding diaryl/α,β-unsaturated/α-hetero) is 2. The molecule has 0 spiro atoms. The fourth-order valence-corrected chi connectivity index (χ4v) is 5.02. The molecule has 1 aliphatic carbocycles. The lowest BCUT2D eigenvalue weighted by atomic mass is 9.85. The van der Waals surface area contributed by atoms with Crippen LogP contribution in [-0.4, -0.2) is 75.9 Å². The van der Waals surface area contributed by atoms with Crippen molar-refractivity contribution in [3.05, 3.63) is 29.6 Å². The fourth-order valence-electron chi connectivity index (χ4n) is 5.02. The van der Waals surface area contributed by atoms with Gasteiger partial charge in [0, 0.05) is 12.2 Å². The Hall–Kier alpha value is -3.83. The molecule has 3 unspecified atom stereocenters. The quantitative estimate of drug-likeness (QED) is 0.210. The van der Waals surface area contributed by atoms with E-state index in [-0.39, 0.29) is 17.4 Å². The third kappa shape index (κ3) is 9.86. The second kappa shape index (κ2) is 15.6. The SMILES string of the molecule is CC.CCC(NC(=O)NC(C(=O)N1CCC[C@H]1C(=O)NC(CC1CC1)C(=O)C(N)=O)C(C)(C)C)C(=O)c1cccc(C)n1. The van der Waals surface area contributed by atoms with Crippen molar-refractivity contribution in [3.63, 3.8) is 0 Å². The molecule has 2 fully saturated rings. The van der Waals surface area contributed by atoms with Crippen molar-refractivity contribution in [2.75, 3.05) is 6.54 Å². The van der Waals surface area contributed by atoms with Crippen LogP contribution >= 0.6 is 0 Å². The zero-order valence-corrected chi connectivity index (χ0v) is 26.5. The Morgan fingerprint density at radius 2 is 1.65 bits per heavy atom. The maximum absolute atomic E-state index is 13.8. The Morgan fingerprint density at radius 1 is 1.00 bits per heavy atom. The number of primary amides is 1. The fraction of sp³-hybridized carbons (Fsp3) is 0.645. The van der Waals surface area contributed by atoms with Crippen molar-refractivity contribution in [1.82, 2.24) is 25.8 Å². The zero-order valence-electron chi connectivity index (χ0n) is 26.5. The molecule has 0 radical (unpaired) electrons. The predicted molar refractivity (Wildman–Crippen MR) is 162 cm³/mol. The van der Waals surface area contributed by atoms with E-state index >= 15 is 0 Å². The number of ketones is 2. The van der Waals surface area contributed by atoms with Gasteiger partial charge in [-0.05, 0) is 56.1 Å². The molecule has 12 nitrogen and oxygen atoms in total. The number of amides is 5. The van der Waals surface area contributed by atoms with Crippen molar-refractivity contribution in [3.8, 4) is 0 Å². The Morgan fingerprint density at radius 3 is 2.19 bits per heavy atom. The highest BCUT2D eigenvalue weighted by Gasteiger charge is 2.43. The molecule has 1 saturated carbocycles. The summed E-state index contributed by atoms with van der Waals surface area (Å²) in [5, 5.41) is 8.05. The number of pyridine rings is 1. The summed E-state index contributed by atoms with van der Waals surface area (Å²) in [5.74, 6) is -3.04. The van der Waals surface area contributed by atoms with Crippen LogP contribution in [0.1, 0.15) is 96.2 Å². The summed E-state index contributed by atoms with van der Waals surface area (Å²) in [6.45, 7) is 13.2. The van der Waals surface area contributed by atoms with Gasteiger partial charge in [-0.15, -0.1) is 0 Å². The first-order valence-corrected chi connectivity index (χ1v) is 15.2. The van der Waals surface area contributed by atoms with E-state index in [0.29, 0.717) is 37.9 Å². The average Bonchev–Trinajstić information content (AvgIpc) is 3.64. The normalized spacial score (nSPS) is 18.3. The summed E-state index contributed by atoms with van der Waals surface area (Å²) >= 11 is 0. The summed E-state index contributed by atoms with van der Waals surface area (Å²) in [6, 6.07) is 0.623. The number of likely N-dealkylation sites (tertiary alicyclic amines) is 1. The van der Waals surface area contributed by atoms with Crippen LogP contribution < -0.4 is 21.7 Å². The average molecular weight is 601 g/mol. The minimum atomic E-state index is -1.11. The molecule has 1 aliphatic heterocycles. The molecule has 0 aromatic carbocycles. The minimum Gasteiger partial charge on any atom is -0.363 e. The number of rotatable bonds is 12. The lowest BCUT2D eigenvalue weighted by Crippen LogP contribution is -2.60. The highest BCUT2D eigenvalue weighted by atomic mass is 16.2. The number of nitrogens with zero attached hydrogens (tertiary/aromatic N) is 2. The molecule has 238 valence electrons. The van der Waals surface area contributed by atoms with E-state index in [0.717, 1.165) is 12.8 Å². The topological polar surface area (TPSA) is 181 Å². The van der Waals surface area contributed by atoms with Gasteiger partial charge in [0.25, 0.3) is 5.91 Å². The number of aromatic nitrogens is 1. The molecule has 12 heteroatoms. The first-order chi connectivity index (χ1) is 20.2. The van der Waals surface area contributed by atoms with Crippen LogP contribution in [0.3, 0.4) is 0 Å². The second-order valence-electron chi connectivity index (χ2n) is 12.1. The van der Waals surface area contributed by atoms with Gasteiger partial charge in [0.2, 0.25) is 23.4 Å². The summed E-state index contributed by atoms with van der Waals surface area (Å²) in [7, 11) is 0. The third-order valence-corrected chi connectivity index (χ3v) is 7.54. The zero-order chi connectivity index (χ0) is 32.5. The Balaban J connectivity index is 0.00000316. The molecule has 1 saturated heterocycles. The maximum Gasteiger partial charge on any atom is 0.316 e. The van der Waals surface area contributed by atoms with Gasteiger partial charge in [-0.2, -0.15) is 0 Å². The van der Waals surface area contributed by atoms with E-state index < -0.39 is 59.1 Å². The second-order valence-corrected chi connectivity index (χ2v) is 12.1.